The first-order valence-corrected chi connectivity index (χ1v) is 10.7. The summed E-state index contributed by atoms with van der Waals surface area (Å²) in [5.74, 6) is 2.26. The number of halogens is 1. The largest absolute Gasteiger partial charge is 0.293 e. The SMILES string of the molecule is Cc1nc([C@@H]2CCCN2CC2CC2)nc2c1CCC(=O)N2Cc1ccc(F)cc1. The van der Waals surface area contributed by atoms with E-state index in [9.17, 15) is 9.18 Å². The molecule has 1 saturated heterocycles. The molecule has 0 radical (unpaired) electrons. The maximum absolute atomic E-state index is 13.3. The standard InChI is InChI=1S/C23H27FN4O/c1-15-19-10-11-21(29)28(14-17-6-8-18(24)9-7-17)23(19)26-22(25-15)20-3-2-12-27(20)13-16-4-5-16/h6-9,16,20H,2-5,10-14H2,1H3/t20-/m0/s1. The Labute approximate surface area is 171 Å². The highest BCUT2D eigenvalue weighted by molar-refractivity contribution is 5.95. The number of amides is 1. The van der Waals surface area contributed by atoms with Crippen molar-refractivity contribution in [1.82, 2.24) is 14.9 Å². The fourth-order valence-corrected chi connectivity index (χ4v) is 4.66. The molecule has 5 nitrogen and oxygen atoms in total. The van der Waals surface area contributed by atoms with Crippen molar-refractivity contribution in [3.05, 3.63) is 52.7 Å². The van der Waals surface area contributed by atoms with E-state index in [0.717, 1.165) is 53.9 Å². The van der Waals surface area contributed by atoms with E-state index in [0.29, 0.717) is 19.4 Å². The third kappa shape index (κ3) is 3.78. The van der Waals surface area contributed by atoms with Crippen LogP contribution in [0.3, 0.4) is 0 Å². The van der Waals surface area contributed by atoms with Crippen molar-refractivity contribution in [3.8, 4) is 0 Å². The number of likely N-dealkylation sites (tertiary alicyclic amines) is 1. The molecule has 1 saturated carbocycles. The third-order valence-corrected chi connectivity index (χ3v) is 6.46. The van der Waals surface area contributed by atoms with Crippen LogP contribution in [0, 0.1) is 18.7 Å². The van der Waals surface area contributed by atoms with E-state index in [-0.39, 0.29) is 17.8 Å². The number of nitrogens with zero attached hydrogens (tertiary/aromatic N) is 4. The molecule has 29 heavy (non-hydrogen) atoms. The Hall–Kier alpha value is -2.34. The summed E-state index contributed by atoms with van der Waals surface area (Å²) in [7, 11) is 0. The first kappa shape index (κ1) is 18.7. The lowest BCUT2D eigenvalue weighted by Crippen LogP contribution is -2.37. The van der Waals surface area contributed by atoms with Gasteiger partial charge in [0.2, 0.25) is 5.91 Å². The van der Waals surface area contributed by atoms with Crippen molar-refractivity contribution < 1.29 is 9.18 Å². The van der Waals surface area contributed by atoms with Crippen LogP contribution in [-0.2, 0) is 17.8 Å². The second-order valence-electron chi connectivity index (χ2n) is 8.67. The van der Waals surface area contributed by atoms with Gasteiger partial charge < -0.3 is 0 Å². The van der Waals surface area contributed by atoms with Gasteiger partial charge in [-0.2, -0.15) is 0 Å². The van der Waals surface area contributed by atoms with Gasteiger partial charge in [0, 0.05) is 24.2 Å². The number of rotatable bonds is 5. The molecule has 1 atom stereocenters. The number of hydrogen-bond acceptors (Lipinski definition) is 4. The minimum Gasteiger partial charge on any atom is -0.293 e. The van der Waals surface area contributed by atoms with Gasteiger partial charge >= 0.3 is 0 Å². The summed E-state index contributed by atoms with van der Waals surface area (Å²) in [5, 5.41) is 0. The second kappa shape index (κ2) is 7.48. The van der Waals surface area contributed by atoms with Gasteiger partial charge in [-0.3, -0.25) is 14.6 Å². The van der Waals surface area contributed by atoms with E-state index in [2.05, 4.69) is 4.90 Å². The molecule has 0 bridgehead atoms. The minimum atomic E-state index is -0.267. The average molecular weight is 394 g/mol. The first-order valence-electron chi connectivity index (χ1n) is 10.7. The van der Waals surface area contributed by atoms with Crippen LogP contribution >= 0.6 is 0 Å². The van der Waals surface area contributed by atoms with Gasteiger partial charge in [-0.15, -0.1) is 0 Å². The van der Waals surface area contributed by atoms with Crippen molar-refractivity contribution in [2.45, 2.75) is 58.0 Å². The summed E-state index contributed by atoms with van der Waals surface area (Å²) < 4.78 is 13.3. The third-order valence-electron chi connectivity index (χ3n) is 6.46. The number of fused-ring (bicyclic) bond motifs is 1. The molecule has 2 aliphatic heterocycles. The first-order chi connectivity index (χ1) is 14.1. The lowest BCUT2D eigenvalue weighted by molar-refractivity contribution is -0.119. The normalized spacial score (nSPS) is 22.2. The van der Waals surface area contributed by atoms with Gasteiger partial charge in [-0.1, -0.05) is 12.1 Å². The number of benzene rings is 1. The van der Waals surface area contributed by atoms with Gasteiger partial charge in [0.1, 0.15) is 17.5 Å². The van der Waals surface area contributed by atoms with Gasteiger partial charge in [0.15, 0.2) is 0 Å². The van der Waals surface area contributed by atoms with Gasteiger partial charge in [-0.05, 0) is 69.2 Å². The smallest absolute Gasteiger partial charge is 0.228 e. The number of carbonyl (C=O) groups is 1. The molecule has 0 N–H and O–H groups in total. The molecule has 1 aromatic heterocycles. The number of aromatic nitrogens is 2. The predicted octanol–water partition coefficient (Wildman–Crippen LogP) is 3.95. The summed E-state index contributed by atoms with van der Waals surface area (Å²) in [5.41, 5.74) is 2.96. The quantitative estimate of drug-likeness (QED) is 0.771. The van der Waals surface area contributed by atoms with Gasteiger partial charge in [-0.25, -0.2) is 14.4 Å². The van der Waals surface area contributed by atoms with Crippen LogP contribution in [0.1, 0.15) is 60.8 Å². The highest BCUT2D eigenvalue weighted by Gasteiger charge is 2.35. The molecule has 3 aliphatic rings. The molecule has 152 valence electrons. The minimum absolute atomic E-state index is 0.0760. The van der Waals surface area contributed by atoms with E-state index in [4.69, 9.17) is 9.97 Å². The Morgan fingerprint density at radius 2 is 1.90 bits per heavy atom. The molecular weight excluding hydrogens is 367 g/mol. The predicted molar refractivity (Wildman–Crippen MR) is 109 cm³/mol. The average Bonchev–Trinajstić information content (AvgIpc) is 3.40. The maximum Gasteiger partial charge on any atom is 0.228 e. The van der Waals surface area contributed by atoms with Crippen LogP contribution in [0.25, 0.3) is 0 Å². The molecule has 3 heterocycles. The Kier molecular flexibility index (Phi) is 4.82. The lowest BCUT2D eigenvalue weighted by Gasteiger charge is -2.31. The van der Waals surface area contributed by atoms with E-state index in [1.807, 2.05) is 6.92 Å². The van der Waals surface area contributed by atoms with Crippen molar-refractivity contribution >= 4 is 11.7 Å². The molecule has 1 amide bonds. The second-order valence-corrected chi connectivity index (χ2v) is 8.67. The van der Waals surface area contributed by atoms with E-state index >= 15 is 0 Å². The van der Waals surface area contributed by atoms with E-state index in [1.165, 1.54) is 31.4 Å². The van der Waals surface area contributed by atoms with Crippen LogP contribution in [0.5, 0.6) is 0 Å². The monoisotopic (exact) mass is 394 g/mol. The fraction of sp³-hybridized carbons (Fsp3) is 0.522. The molecule has 0 unspecified atom stereocenters. The summed E-state index contributed by atoms with van der Waals surface area (Å²) in [6.45, 7) is 4.70. The number of anilines is 1. The molecular formula is C23H27FN4O. The van der Waals surface area contributed by atoms with Crippen molar-refractivity contribution in [2.24, 2.45) is 5.92 Å². The molecule has 2 fully saturated rings. The zero-order valence-electron chi connectivity index (χ0n) is 16.9. The lowest BCUT2D eigenvalue weighted by atomic mass is 10.0. The number of aryl methyl sites for hydroxylation is 1. The van der Waals surface area contributed by atoms with E-state index < -0.39 is 0 Å². The molecule has 6 heteroatoms. The molecule has 1 aromatic carbocycles. The van der Waals surface area contributed by atoms with Crippen LogP contribution in [-0.4, -0.2) is 33.9 Å². The Morgan fingerprint density at radius 1 is 1.10 bits per heavy atom. The summed E-state index contributed by atoms with van der Waals surface area (Å²) in [6, 6.07) is 6.61. The molecule has 5 rings (SSSR count). The zero-order valence-corrected chi connectivity index (χ0v) is 16.9. The van der Waals surface area contributed by atoms with Gasteiger partial charge in [0.25, 0.3) is 0 Å². The van der Waals surface area contributed by atoms with Gasteiger partial charge in [0.05, 0.1) is 12.6 Å². The Morgan fingerprint density at radius 3 is 2.66 bits per heavy atom. The summed E-state index contributed by atoms with van der Waals surface area (Å²) in [4.78, 5) is 26.9. The molecule has 2 aromatic rings. The number of hydrogen-bond donors (Lipinski definition) is 0. The summed E-state index contributed by atoms with van der Waals surface area (Å²) >= 11 is 0. The zero-order chi connectivity index (χ0) is 20.0. The summed E-state index contributed by atoms with van der Waals surface area (Å²) in [6.07, 6.45) is 6.10. The molecule has 1 aliphatic carbocycles. The Bertz CT molecular complexity index is 925. The van der Waals surface area contributed by atoms with Crippen LogP contribution in [0.15, 0.2) is 24.3 Å². The van der Waals surface area contributed by atoms with Crippen molar-refractivity contribution in [1.29, 1.82) is 0 Å². The topological polar surface area (TPSA) is 49.3 Å². The number of carbonyl (C=O) groups excluding carboxylic acids is 1. The van der Waals surface area contributed by atoms with Crippen LogP contribution in [0.2, 0.25) is 0 Å². The Balaban J connectivity index is 1.47. The highest BCUT2D eigenvalue weighted by atomic mass is 19.1. The maximum atomic E-state index is 13.3. The van der Waals surface area contributed by atoms with Crippen LogP contribution < -0.4 is 4.90 Å². The molecule has 0 spiro atoms. The van der Waals surface area contributed by atoms with E-state index in [1.54, 1.807) is 17.0 Å². The van der Waals surface area contributed by atoms with Crippen molar-refractivity contribution in [2.75, 3.05) is 18.0 Å². The fourth-order valence-electron chi connectivity index (χ4n) is 4.66. The highest BCUT2D eigenvalue weighted by Crippen LogP contribution is 2.38. The van der Waals surface area contributed by atoms with Crippen molar-refractivity contribution in [3.63, 3.8) is 0 Å². The van der Waals surface area contributed by atoms with Crippen LogP contribution in [0.4, 0.5) is 10.2 Å².